The Morgan fingerprint density at radius 1 is 1.47 bits per heavy atom. The number of oxime groups is 1. The lowest BCUT2D eigenvalue weighted by Crippen LogP contribution is -2.74. The van der Waals surface area contributed by atoms with Crippen LogP contribution in [0.2, 0.25) is 0 Å². The van der Waals surface area contributed by atoms with Crippen molar-refractivity contribution in [2.45, 2.75) is 16.6 Å². The highest BCUT2D eigenvalue weighted by Gasteiger charge is 2.57. The van der Waals surface area contributed by atoms with Gasteiger partial charge in [-0.3, -0.25) is 24.5 Å². The van der Waals surface area contributed by atoms with E-state index in [9.17, 15) is 24.3 Å². The molecule has 0 aliphatic carbocycles. The second kappa shape index (κ2) is 10.4. The smallest absolute Gasteiger partial charge is 0.313 e. The summed E-state index contributed by atoms with van der Waals surface area (Å²) in [4.78, 5) is 62.8. The maximum Gasteiger partial charge on any atom is 0.313 e. The van der Waals surface area contributed by atoms with Crippen molar-refractivity contribution in [1.29, 1.82) is 0 Å². The molecular weight excluding hydrogens is 516 g/mol. The van der Waals surface area contributed by atoms with Gasteiger partial charge in [0.15, 0.2) is 5.71 Å². The van der Waals surface area contributed by atoms with Crippen molar-refractivity contribution in [2.75, 3.05) is 30.5 Å². The monoisotopic (exact) mass is 536 g/mol. The zero-order chi connectivity index (χ0) is 25.9. The van der Waals surface area contributed by atoms with E-state index >= 15 is 0 Å². The standard InChI is InChI=1S/C18H20N10O6S2/c1-27-17(23-25-26-27)36-7-18(15(32)33)5-28-13(31)11(14(28)35-6-18)22-12(30)10(24-34-2)9-3-4-19-16(21-9)20-8-29/h3-4,8,11,14H,5-7H2,1-2H3,(H,22,30)(H,32,33)(H,19,20,21,29)/t11?,14-,18?/m1/s1. The van der Waals surface area contributed by atoms with E-state index in [1.54, 1.807) is 7.05 Å². The average Bonchev–Trinajstić information content (AvgIpc) is 3.29. The summed E-state index contributed by atoms with van der Waals surface area (Å²) < 4.78 is 1.44. The molecule has 2 aromatic rings. The molecule has 18 heteroatoms. The van der Waals surface area contributed by atoms with Gasteiger partial charge in [-0.2, -0.15) is 0 Å². The molecule has 2 aromatic heterocycles. The number of fused-ring (bicyclic) bond motifs is 1. The van der Waals surface area contributed by atoms with Gasteiger partial charge < -0.3 is 20.2 Å². The summed E-state index contributed by atoms with van der Waals surface area (Å²) in [6.45, 7) is -0.0187. The summed E-state index contributed by atoms with van der Waals surface area (Å²) in [5.41, 5.74) is -1.38. The minimum atomic E-state index is -1.21. The molecule has 3 N–H and O–H groups in total. The van der Waals surface area contributed by atoms with Gasteiger partial charge in [0.2, 0.25) is 23.4 Å². The number of hydrogen-bond acceptors (Lipinski definition) is 13. The summed E-state index contributed by atoms with van der Waals surface area (Å²) in [7, 11) is 2.89. The van der Waals surface area contributed by atoms with Crippen molar-refractivity contribution in [1.82, 2.24) is 40.4 Å². The van der Waals surface area contributed by atoms with Gasteiger partial charge in [-0.1, -0.05) is 16.9 Å². The van der Waals surface area contributed by atoms with Gasteiger partial charge in [0.05, 0.1) is 0 Å². The quantitative estimate of drug-likeness (QED) is 0.101. The number of anilines is 1. The highest BCUT2D eigenvalue weighted by Crippen LogP contribution is 2.44. The van der Waals surface area contributed by atoms with Crippen LogP contribution in [0.25, 0.3) is 0 Å². The number of β-lactam (4-membered cyclic amide) rings is 1. The van der Waals surface area contributed by atoms with Crippen LogP contribution in [0.1, 0.15) is 5.69 Å². The number of amides is 3. The highest BCUT2D eigenvalue weighted by atomic mass is 32.2. The summed E-state index contributed by atoms with van der Waals surface area (Å²) in [5, 5.41) is 29.7. The Hall–Kier alpha value is -3.80. The van der Waals surface area contributed by atoms with E-state index in [4.69, 9.17) is 4.84 Å². The molecular formula is C18H20N10O6S2. The number of carbonyl (C=O) groups is 4. The maximum atomic E-state index is 13.0. The number of aliphatic carboxylic acids is 1. The average molecular weight is 537 g/mol. The van der Waals surface area contributed by atoms with Crippen LogP contribution in [0, 0.1) is 5.41 Å². The summed E-state index contributed by atoms with van der Waals surface area (Å²) in [6, 6.07) is 0.504. The minimum absolute atomic E-state index is 0.0187. The molecule has 190 valence electrons. The van der Waals surface area contributed by atoms with Crippen LogP contribution < -0.4 is 10.6 Å². The molecule has 4 heterocycles. The van der Waals surface area contributed by atoms with Gasteiger partial charge in [-0.25, -0.2) is 14.6 Å². The lowest BCUT2D eigenvalue weighted by molar-refractivity contribution is -0.157. The van der Waals surface area contributed by atoms with Crippen LogP contribution in [0.15, 0.2) is 22.6 Å². The third-order valence-electron chi connectivity index (χ3n) is 5.43. The van der Waals surface area contributed by atoms with Crippen LogP contribution in [-0.2, 0) is 31.1 Å². The van der Waals surface area contributed by atoms with Gasteiger partial charge in [-0.15, -0.1) is 16.9 Å². The van der Waals surface area contributed by atoms with Gasteiger partial charge in [0.1, 0.15) is 29.6 Å². The highest BCUT2D eigenvalue weighted by molar-refractivity contribution is 8.00. The van der Waals surface area contributed by atoms with Gasteiger partial charge >= 0.3 is 5.97 Å². The number of nitrogens with one attached hydrogen (secondary N) is 2. The van der Waals surface area contributed by atoms with Crippen molar-refractivity contribution < 1.29 is 29.1 Å². The molecule has 2 saturated heterocycles. The first-order valence-electron chi connectivity index (χ1n) is 10.3. The molecule has 16 nitrogen and oxygen atoms in total. The lowest BCUT2D eigenvalue weighted by atomic mass is 9.89. The Kier molecular flexibility index (Phi) is 7.34. The number of rotatable bonds is 10. The number of carboxylic acid groups (broad SMARTS) is 1. The van der Waals surface area contributed by atoms with Gasteiger partial charge in [0, 0.05) is 31.3 Å². The molecule has 3 amide bonds. The van der Waals surface area contributed by atoms with Crippen LogP contribution in [0.4, 0.5) is 5.95 Å². The minimum Gasteiger partial charge on any atom is -0.481 e. The van der Waals surface area contributed by atoms with Crippen molar-refractivity contribution in [3.05, 3.63) is 18.0 Å². The van der Waals surface area contributed by atoms with E-state index in [1.807, 2.05) is 0 Å². The molecule has 0 bridgehead atoms. The third kappa shape index (κ3) is 4.81. The van der Waals surface area contributed by atoms with E-state index in [2.05, 4.69) is 41.3 Å². The Morgan fingerprint density at radius 3 is 2.94 bits per heavy atom. The Morgan fingerprint density at radius 2 is 2.28 bits per heavy atom. The molecule has 4 rings (SSSR count). The molecule has 2 aliphatic heterocycles. The van der Waals surface area contributed by atoms with Crippen LogP contribution >= 0.6 is 23.5 Å². The molecule has 36 heavy (non-hydrogen) atoms. The second-order valence-electron chi connectivity index (χ2n) is 7.73. The fourth-order valence-corrected chi connectivity index (χ4v) is 6.28. The number of thioether (sulfide) groups is 2. The molecule has 0 saturated carbocycles. The molecule has 2 aliphatic rings. The topological polar surface area (TPSA) is 207 Å². The van der Waals surface area contributed by atoms with Crippen molar-refractivity contribution in [3.63, 3.8) is 0 Å². The van der Waals surface area contributed by atoms with E-state index in [0.29, 0.717) is 11.6 Å². The fraction of sp³-hybridized carbons (Fsp3) is 0.444. The Balaban J connectivity index is 1.44. The van der Waals surface area contributed by atoms with E-state index in [-0.39, 0.29) is 35.4 Å². The second-order valence-corrected chi connectivity index (χ2v) is 9.78. The number of tetrazole rings is 1. The molecule has 0 aromatic carbocycles. The van der Waals surface area contributed by atoms with E-state index in [1.165, 1.54) is 52.5 Å². The predicted molar refractivity (Wildman–Crippen MR) is 125 cm³/mol. The van der Waals surface area contributed by atoms with Crippen molar-refractivity contribution >= 4 is 59.4 Å². The predicted octanol–water partition coefficient (Wildman–Crippen LogP) is -1.82. The SMILES string of the molecule is CON=C(C(=O)NC1C(=O)N2CC(CSc3nnnn3C)(C(=O)O)CS[C@H]12)c1ccnc(NC=O)n1. The molecule has 2 unspecified atom stereocenters. The molecule has 2 fully saturated rings. The number of hydrogen-bond donors (Lipinski definition) is 3. The Labute approximate surface area is 211 Å². The largest absolute Gasteiger partial charge is 0.481 e. The first-order valence-corrected chi connectivity index (χ1v) is 12.3. The van der Waals surface area contributed by atoms with Crippen LogP contribution in [-0.4, -0.2) is 107 Å². The number of aryl methyl sites for hydroxylation is 1. The maximum absolute atomic E-state index is 13.0. The third-order valence-corrected chi connectivity index (χ3v) is 8.32. The first kappa shape index (κ1) is 25.3. The summed E-state index contributed by atoms with van der Waals surface area (Å²) in [5.74, 6) is -1.85. The molecule has 0 spiro atoms. The van der Waals surface area contributed by atoms with E-state index < -0.39 is 34.6 Å². The summed E-state index contributed by atoms with van der Waals surface area (Å²) in [6.07, 6.45) is 1.70. The zero-order valence-corrected chi connectivity index (χ0v) is 20.5. The zero-order valence-electron chi connectivity index (χ0n) is 18.9. The number of aromatic nitrogens is 6. The van der Waals surface area contributed by atoms with Crippen LogP contribution in [0.3, 0.4) is 0 Å². The number of carboxylic acids is 1. The normalized spacial score (nSPS) is 23.3. The van der Waals surface area contributed by atoms with Gasteiger partial charge in [0.25, 0.3) is 5.91 Å². The fourth-order valence-electron chi connectivity index (χ4n) is 3.57. The Bertz CT molecular complexity index is 1220. The molecule has 0 radical (unpaired) electrons. The first-order chi connectivity index (χ1) is 17.3. The summed E-state index contributed by atoms with van der Waals surface area (Å²) >= 11 is 2.46. The van der Waals surface area contributed by atoms with Crippen LogP contribution in [0.5, 0.6) is 0 Å². The van der Waals surface area contributed by atoms with Crippen molar-refractivity contribution in [2.24, 2.45) is 17.6 Å². The van der Waals surface area contributed by atoms with Crippen molar-refractivity contribution in [3.8, 4) is 0 Å². The van der Waals surface area contributed by atoms with E-state index in [0.717, 1.165) is 0 Å². The lowest BCUT2D eigenvalue weighted by Gasteiger charge is -2.53. The number of carbonyl (C=O) groups excluding carboxylic acids is 3. The van der Waals surface area contributed by atoms with Gasteiger partial charge in [-0.05, 0) is 16.5 Å². The molecule has 3 atom stereocenters. The number of nitrogens with zero attached hydrogens (tertiary/aromatic N) is 8.